The van der Waals surface area contributed by atoms with Crippen LogP contribution in [0.2, 0.25) is 0 Å². The lowest BCUT2D eigenvalue weighted by molar-refractivity contribution is 0.167. The van der Waals surface area contributed by atoms with E-state index in [4.69, 9.17) is 4.74 Å². The van der Waals surface area contributed by atoms with Crippen molar-refractivity contribution in [1.82, 2.24) is 20.5 Å². The first-order valence-corrected chi connectivity index (χ1v) is 10.5. The van der Waals surface area contributed by atoms with Crippen molar-refractivity contribution in [3.05, 3.63) is 59.8 Å². The van der Waals surface area contributed by atoms with Crippen LogP contribution in [0, 0.1) is 0 Å². The number of rotatable bonds is 7. The minimum absolute atomic E-state index is 0.457. The fraction of sp³-hybridized carbons (Fsp3) is 0.478. The molecule has 1 saturated heterocycles. The van der Waals surface area contributed by atoms with Gasteiger partial charge in [-0.3, -0.25) is 4.99 Å². The fourth-order valence-corrected chi connectivity index (χ4v) is 3.54. The van der Waals surface area contributed by atoms with Gasteiger partial charge in [0, 0.05) is 50.5 Å². The molecule has 0 atom stereocenters. The second kappa shape index (κ2) is 10.8. The second-order valence-electron chi connectivity index (χ2n) is 7.72. The zero-order valence-electron chi connectivity index (χ0n) is 17.8. The Balaban J connectivity index is 1.51. The van der Waals surface area contributed by atoms with Crippen molar-refractivity contribution in [2.24, 2.45) is 4.99 Å². The maximum atomic E-state index is 5.96. The highest BCUT2D eigenvalue weighted by atomic mass is 16.5. The summed E-state index contributed by atoms with van der Waals surface area (Å²) in [6.07, 6.45) is 4.04. The first kappa shape index (κ1) is 21.1. The van der Waals surface area contributed by atoms with Crippen LogP contribution < -0.4 is 15.4 Å². The molecule has 156 valence electrons. The van der Waals surface area contributed by atoms with Crippen molar-refractivity contribution >= 4 is 5.96 Å². The van der Waals surface area contributed by atoms with Crippen LogP contribution in [-0.4, -0.2) is 48.1 Å². The number of likely N-dealkylation sites (tertiary alicyclic amines) is 1. The van der Waals surface area contributed by atoms with Gasteiger partial charge >= 0.3 is 0 Å². The summed E-state index contributed by atoms with van der Waals surface area (Å²) >= 11 is 0. The maximum absolute atomic E-state index is 5.96. The van der Waals surface area contributed by atoms with Crippen LogP contribution in [0.25, 0.3) is 0 Å². The lowest BCUT2D eigenvalue weighted by Crippen LogP contribution is -2.49. The summed E-state index contributed by atoms with van der Waals surface area (Å²) in [7, 11) is 1.81. The molecule has 0 radical (unpaired) electrons. The third-order valence-corrected chi connectivity index (χ3v) is 5.34. The Hall–Kier alpha value is -2.60. The molecule has 0 aliphatic carbocycles. The lowest BCUT2D eigenvalue weighted by Gasteiger charge is -2.35. The fourth-order valence-electron chi connectivity index (χ4n) is 3.54. The molecule has 2 heterocycles. The summed E-state index contributed by atoms with van der Waals surface area (Å²) in [5.41, 5.74) is 2.14. The number of piperidine rings is 1. The number of aliphatic imine (C=N–C) groups is 1. The number of aromatic nitrogens is 1. The smallest absolute Gasteiger partial charge is 0.218 e. The van der Waals surface area contributed by atoms with Crippen molar-refractivity contribution in [3.8, 4) is 5.88 Å². The van der Waals surface area contributed by atoms with Crippen LogP contribution in [0.3, 0.4) is 0 Å². The largest absolute Gasteiger partial charge is 0.473 e. The predicted octanol–water partition coefficient (Wildman–Crippen LogP) is 3.20. The van der Waals surface area contributed by atoms with Crippen LogP contribution in [0.5, 0.6) is 5.88 Å². The molecule has 0 amide bonds. The van der Waals surface area contributed by atoms with Crippen molar-refractivity contribution in [3.63, 3.8) is 0 Å². The molecule has 0 saturated carbocycles. The van der Waals surface area contributed by atoms with E-state index in [-0.39, 0.29) is 0 Å². The molecule has 1 aromatic heterocycles. The molecule has 1 aliphatic rings. The van der Waals surface area contributed by atoms with Gasteiger partial charge in [0.1, 0.15) is 6.61 Å². The first-order chi connectivity index (χ1) is 14.2. The number of guanidine groups is 1. The van der Waals surface area contributed by atoms with E-state index < -0.39 is 0 Å². The standard InChI is InChI=1S/C23H33N5O/c1-18(2)28-14-11-21(12-15-28)27-23(24-3)26-16-20-10-7-13-25-22(20)29-17-19-8-5-4-6-9-19/h4-10,13,18,21H,11-12,14-17H2,1-3H3,(H2,24,26,27). The molecule has 2 N–H and O–H groups in total. The monoisotopic (exact) mass is 395 g/mol. The summed E-state index contributed by atoms with van der Waals surface area (Å²) in [4.78, 5) is 11.3. The zero-order chi connectivity index (χ0) is 20.5. The van der Waals surface area contributed by atoms with Crippen molar-refractivity contribution in [1.29, 1.82) is 0 Å². The van der Waals surface area contributed by atoms with E-state index >= 15 is 0 Å². The Kier molecular flexibility index (Phi) is 7.87. The Morgan fingerprint density at radius 2 is 1.93 bits per heavy atom. The minimum atomic E-state index is 0.457. The van der Waals surface area contributed by atoms with Crippen LogP contribution >= 0.6 is 0 Å². The Labute approximate surface area is 174 Å². The summed E-state index contributed by atoms with van der Waals surface area (Å²) in [6.45, 7) is 7.91. The van der Waals surface area contributed by atoms with Crippen molar-refractivity contribution in [2.75, 3.05) is 20.1 Å². The molecule has 6 nitrogen and oxygen atoms in total. The third kappa shape index (κ3) is 6.46. The van der Waals surface area contributed by atoms with Crippen molar-refractivity contribution in [2.45, 2.75) is 51.9 Å². The van der Waals surface area contributed by atoms with Gasteiger partial charge in [-0.2, -0.15) is 0 Å². The summed E-state index contributed by atoms with van der Waals surface area (Å²) in [6, 6.07) is 15.2. The first-order valence-electron chi connectivity index (χ1n) is 10.5. The topological polar surface area (TPSA) is 61.8 Å². The molecule has 1 aliphatic heterocycles. The van der Waals surface area contributed by atoms with E-state index in [0.717, 1.165) is 43.0 Å². The number of benzene rings is 1. The van der Waals surface area contributed by atoms with Gasteiger partial charge < -0.3 is 20.3 Å². The molecule has 29 heavy (non-hydrogen) atoms. The molecule has 2 aromatic rings. The van der Waals surface area contributed by atoms with Crippen LogP contribution in [-0.2, 0) is 13.2 Å². The number of nitrogens with one attached hydrogen (secondary N) is 2. The Bertz CT molecular complexity index is 770. The maximum Gasteiger partial charge on any atom is 0.218 e. The van der Waals surface area contributed by atoms with E-state index in [1.54, 1.807) is 6.20 Å². The molecular weight excluding hydrogens is 362 g/mol. The predicted molar refractivity (Wildman–Crippen MR) is 118 cm³/mol. The van der Waals surface area contributed by atoms with Gasteiger partial charge in [0.2, 0.25) is 5.88 Å². The van der Waals surface area contributed by atoms with Crippen molar-refractivity contribution < 1.29 is 4.74 Å². The number of hydrogen-bond donors (Lipinski definition) is 2. The SMILES string of the molecule is CN=C(NCc1cccnc1OCc1ccccc1)NC1CCN(C(C)C)CC1. The average Bonchev–Trinajstić information content (AvgIpc) is 2.76. The third-order valence-electron chi connectivity index (χ3n) is 5.34. The molecule has 1 aromatic carbocycles. The Morgan fingerprint density at radius 3 is 2.62 bits per heavy atom. The highest BCUT2D eigenvalue weighted by molar-refractivity contribution is 5.80. The molecule has 0 bridgehead atoms. The van der Waals surface area contributed by atoms with Gasteiger partial charge in [0.25, 0.3) is 0 Å². The second-order valence-corrected chi connectivity index (χ2v) is 7.72. The highest BCUT2D eigenvalue weighted by Crippen LogP contribution is 2.16. The molecule has 3 rings (SSSR count). The summed E-state index contributed by atoms with van der Waals surface area (Å²) < 4.78 is 5.96. The van der Waals surface area contributed by atoms with Gasteiger partial charge in [-0.1, -0.05) is 36.4 Å². The van der Waals surface area contributed by atoms with Gasteiger partial charge in [0.05, 0.1) is 0 Å². The minimum Gasteiger partial charge on any atom is -0.473 e. The van der Waals surface area contributed by atoms with Gasteiger partial charge in [0.15, 0.2) is 5.96 Å². The number of nitrogens with zero attached hydrogens (tertiary/aromatic N) is 3. The average molecular weight is 396 g/mol. The van der Waals surface area contributed by atoms with Gasteiger partial charge in [-0.05, 0) is 38.3 Å². The van der Waals surface area contributed by atoms with E-state index in [1.165, 1.54) is 0 Å². The molecule has 0 unspecified atom stereocenters. The van der Waals surface area contributed by atoms with E-state index in [9.17, 15) is 0 Å². The lowest BCUT2D eigenvalue weighted by atomic mass is 10.0. The normalized spacial score (nSPS) is 16.1. The number of pyridine rings is 1. The quantitative estimate of drug-likeness (QED) is 0.557. The molecule has 1 fully saturated rings. The van der Waals surface area contributed by atoms with Gasteiger partial charge in [-0.25, -0.2) is 4.98 Å². The van der Waals surface area contributed by atoms with Crippen LogP contribution in [0.1, 0.15) is 37.8 Å². The summed E-state index contributed by atoms with van der Waals surface area (Å²) in [5.74, 6) is 1.48. The highest BCUT2D eigenvalue weighted by Gasteiger charge is 2.21. The van der Waals surface area contributed by atoms with E-state index in [1.807, 2.05) is 37.4 Å². The summed E-state index contributed by atoms with van der Waals surface area (Å²) in [5, 5.41) is 6.97. The number of ether oxygens (including phenoxy) is 1. The molecule has 6 heteroatoms. The van der Waals surface area contributed by atoms with Crippen LogP contribution in [0.15, 0.2) is 53.7 Å². The molecular formula is C23H33N5O. The van der Waals surface area contributed by atoms with Crippen LogP contribution in [0.4, 0.5) is 0 Å². The zero-order valence-corrected chi connectivity index (χ0v) is 17.8. The molecule has 0 spiro atoms. The van der Waals surface area contributed by atoms with Gasteiger partial charge in [-0.15, -0.1) is 0 Å². The Morgan fingerprint density at radius 1 is 1.17 bits per heavy atom. The van der Waals surface area contributed by atoms with E-state index in [0.29, 0.717) is 31.1 Å². The number of hydrogen-bond acceptors (Lipinski definition) is 4. The van der Waals surface area contributed by atoms with E-state index in [2.05, 4.69) is 51.5 Å².